The molecule has 29 heavy (non-hydrogen) atoms. The topological polar surface area (TPSA) is 80.1 Å². The van der Waals surface area contributed by atoms with Crippen LogP contribution in [0, 0.1) is 10.1 Å². The highest BCUT2D eigenvalue weighted by Crippen LogP contribution is 2.34. The highest BCUT2D eigenvalue weighted by molar-refractivity contribution is 7.99. The van der Waals surface area contributed by atoms with Gasteiger partial charge in [0.2, 0.25) is 0 Å². The van der Waals surface area contributed by atoms with E-state index in [0.29, 0.717) is 15.5 Å². The van der Waals surface area contributed by atoms with Crippen LogP contribution in [0.2, 0.25) is 0 Å². The van der Waals surface area contributed by atoms with Crippen LogP contribution in [0.4, 0.5) is 24.5 Å². The van der Waals surface area contributed by atoms with E-state index >= 15 is 0 Å². The monoisotopic (exact) mass is 420 g/mol. The Balaban J connectivity index is 1.77. The highest BCUT2D eigenvalue weighted by atomic mass is 32.2. The van der Waals surface area contributed by atoms with Gasteiger partial charge in [-0.1, -0.05) is 30.0 Å². The summed E-state index contributed by atoms with van der Waals surface area (Å²) in [5.74, 6) is 0. The van der Waals surface area contributed by atoms with Crippen molar-refractivity contribution in [2.45, 2.75) is 22.6 Å². The van der Waals surface area contributed by atoms with Gasteiger partial charge in [0.25, 0.3) is 5.69 Å². The third-order valence-electron chi connectivity index (χ3n) is 3.82. The minimum Gasteiger partial charge on any atom is -0.321 e. The second-order valence-electron chi connectivity index (χ2n) is 5.88. The molecule has 0 aliphatic carbocycles. The number of alkyl halides is 3. The molecule has 0 aliphatic heterocycles. The summed E-state index contributed by atoms with van der Waals surface area (Å²) in [5.41, 5.74) is 6.48. The Morgan fingerprint density at radius 2 is 1.83 bits per heavy atom. The van der Waals surface area contributed by atoms with Crippen LogP contribution >= 0.6 is 11.8 Å². The lowest BCUT2D eigenvalue weighted by molar-refractivity contribution is -0.385. The number of nitrogens with one attached hydrogen (secondary N) is 2. The van der Waals surface area contributed by atoms with Crippen molar-refractivity contribution in [1.29, 1.82) is 0 Å². The molecule has 0 saturated carbocycles. The van der Waals surface area contributed by atoms with Crippen molar-refractivity contribution >= 4 is 23.1 Å². The number of hydrogen-bond acceptors (Lipinski definition) is 6. The molecule has 0 amide bonds. The number of rotatable bonds is 7. The molecule has 0 saturated heterocycles. The zero-order valence-electron chi connectivity index (χ0n) is 14.8. The molecular weight excluding hydrogens is 405 g/mol. The number of hydrogen-bond donors (Lipinski definition) is 2. The minimum atomic E-state index is -4.46. The fraction of sp³-hybridized carbons (Fsp3) is 0.105. The fourth-order valence-corrected chi connectivity index (χ4v) is 3.27. The molecule has 0 radical (unpaired) electrons. The molecule has 0 bridgehead atoms. The van der Waals surface area contributed by atoms with Crippen molar-refractivity contribution in [3.05, 3.63) is 88.1 Å². The van der Waals surface area contributed by atoms with Gasteiger partial charge in [0.15, 0.2) is 0 Å². The van der Waals surface area contributed by atoms with Crippen molar-refractivity contribution < 1.29 is 18.1 Å². The Bertz CT molecular complexity index is 983. The van der Waals surface area contributed by atoms with Gasteiger partial charge in [0.05, 0.1) is 10.5 Å². The van der Waals surface area contributed by atoms with Crippen LogP contribution in [0.1, 0.15) is 11.1 Å². The first-order chi connectivity index (χ1) is 13.8. The molecule has 10 heteroatoms. The molecule has 2 aromatic carbocycles. The van der Waals surface area contributed by atoms with Crippen molar-refractivity contribution in [3.63, 3.8) is 0 Å². The van der Waals surface area contributed by atoms with Gasteiger partial charge in [0.1, 0.15) is 5.03 Å². The van der Waals surface area contributed by atoms with Gasteiger partial charge in [-0.3, -0.25) is 10.1 Å². The molecule has 0 atom stereocenters. The van der Waals surface area contributed by atoms with Gasteiger partial charge < -0.3 is 5.43 Å². The van der Waals surface area contributed by atoms with E-state index in [2.05, 4.69) is 15.8 Å². The predicted octanol–water partition coefficient (Wildman–Crippen LogP) is 5.28. The highest BCUT2D eigenvalue weighted by Gasteiger charge is 2.30. The van der Waals surface area contributed by atoms with E-state index in [1.165, 1.54) is 18.2 Å². The summed E-state index contributed by atoms with van der Waals surface area (Å²) in [6.07, 6.45) is -3.69. The maximum absolute atomic E-state index is 12.7. The number of nitro groups is 1. The summed E-state index contributed by atoms with van der Waals surface area (Å²) in [6, 6.07) is 15.8. The third kappa shape index (κ3) is 5.69. The van der Waals surface area contributed by atoms with Crippen molar-refractivity contribution in [3.8, 4) is 0 Å². The number of nitrogens with zero attached hydrogens (tertiary/aromatic N) is 2. The standard InChI is InChI=1S/C19H15F3N4O2S/c20-19(21,22)14-6-9-18(23-12-14)29-17-8-7-16(26(27)28)10-13(17)11-24-25-15-4-2-1-3-5-15/h1-10,12,24-25H,11H2. The van der Waals surface area contributed by atoms with E-state index in [4.69, 9.17) is 0 Å². The number of halogens is 3. The lowest BCUT2D eigenvalue weighted by Gasteiger charge is -2.12. The Morgan fingerprint density at radius 1 is 1.07 bits per heavy atom. The Kier molecular flexibility index (Phi) is 6.35. The molecule has 6 nitrogen and oxygen atoms in total. The largest absolute Gasteiger partial charge is 0.417 e. The van der Waals surface area contributed by atoms with Crippen LogP contribution in [0.25, 0.3) is 0 Å². The number of pyridine rings is 1. The summed E-state index contributed by atoms with van der Waals surface area (Å²) in [5, 5.41) is 11.4. The van der Waals surface area contributed by atoms with Crippen LogP contribution in [-0.2, 0) is 12.7 Å². The number of para-hydroxylation sites is 1. The molecule has 1 heterocycles. The summed E-state index contributed by atoms with van der Waals surface area (Å²) in [7, 11) is 0. The molecule has 3 aromatic rings. The van der Waals surface area contributed by atoms with Crippen molar-refractivity contribution in [1.82, 2.24) is 10.4 Å². The molecule has 1 aromatic heterocycles. The maximum Gasteiger partial charge on any atom is 0.417 e. The van der Waals surface area contributed by atoms with Gasteiger partial charge in [-0.15, -0.1) is 0 Å². The number of benzene rings is 2. The van der Waals surface area contributed by atoms with Crippen molar-refractivity contribution in [2.24, 2.45) is 0 Å². The van der Waals surface area contributed by atoms with Crippen LogP contribution in [0.15, 0.2) is 76.8 Å². The second kappa shape index (κ2) is 8.93. The second-order valence-corrected chi connectivity index (χ2v) is 6.94. The minimum absolute atomic E-state index is 0.0776. The van der Waals surface area contributed by atoms with Crippen LogP contribution in [-0.4, -0.2) is 9.91 Å². The molecule has 0 unspecified atom stereocenters. The summed E-state index contributed by atoms with van der Waals surface area (Å²) in [6.45, 7) is 0.250. The van der Waals surface area contributed by atoms with E-state index in [9.17, 15) is 23.3 Å². The number of non-ortho nitro benzene ring substituents is 1. The quantitative estimate of drug-likeness (QED) is 0.400. The van der Waals surface area contributed by atoms with Gasteiger partial charge >= 0.3 is 6.18 Å². The average Bonchev–Trinajstić information content (AvgIpc) is 2.69. The van der Waals surface area contributed by atoms with Crippen molar-refractivity contribution in [2.75, 3.05) is 5.43 Å². The molecular formula is C19H15F3N4O2S. The van der Waals surface area contributed by atoms with Gasteiger partial charge in [-0.2, -0.15) is 13.2 Å². The summed E-state index contributed by atoms with van der Waals surface area (Å²) >= 11 is 1.13. The Labute approximate surface area is 168 Å². The van der Waals surface area contributed by atoms with Gasteiger partial charge in [-0.05, 0) is 35.9 Å². The smallest absolute Gasteiger partial charge is 0.321 e. The van der Waals surface area contributed by atoms with Gasteiger partial charge in [-0.25, -0.2) is 10.4 Å². The lowest BCUT2D eigenvalue weighted by Crippen LogP contribution is -2.21. The van der Waals surface area contributed by atoms with Crippen LogP contribution < -0.4 is 10.9 Å². The van der Waals surface area contributed by atoms with Gasteiger partial charge in [0, 0.05) is 35.5 Å². The van der Waals surface area contributed by atoms with E-state index in [0.717, 1.165) is 29.7 Å². The van der Waals surface area contributed by atoms with E-state index < -0.39 is 16.7 Å². The molecule has 0 spiro atoms. The average molecular weight is 420 g/mol. The zero-order chi connectivity index (χ0) is 20.9. The summed E-state index contributed by atoms with van der Waals surface area (Å²) < 4.78 is 38.1. The molecule has 3 rings (SSSR count). The Morgan fingerprint density at radius 3 is 2.45 bits per heavy atom. The van der Waals surface area contributed by atoms with Crippen LogP contribution in [0.5, 0.6) is 0 Å². The van der Waals surface area contributed by atoms with E-state index in [1.807, 2.05) is 30.3 Å². The number of anilines is 1. The first-order valence-corrected chi connectivity index (χ1v) is 9.17. The predicted molar refractivity (Wildman–Crippen MR) is 103 cm³/mol. The number of nitro benzene ring substituents is 1. The lowest BCUT2D eigenvalue weighted by atomic mass is 10.2. The fourth-order valence-electron chi connectivity index (χ4n) is 2.40. The zero-order valence-corrected chi connectivity index (χ0v) is 15.6. The molecule has 0 aliphatic rings. The van der Waals surface area contributed by atoms with E-state index in [1.54, 1.807) is 6.07 Å². The Hall–Kier alpha value is -3.11. The molecule has 0 fully saturated rings. The normalized spacial score (nSPS) is 11.3. The molecule has 150 valence electrons. The maximum atomic E-state index is 12.7. The third-order valence-corrected chi connectivity index (χ3v) is 4.89. The SMILES string of the molecule is O=[N+]([O-])c1ccc(Sc2ccc(C(F)(F)F)cn2)c(CNNc2ccccc2)c1. The number of aromatic nitrogens is 1. The molecule has 2 N–H and O–H groups in total. The van der Waals surface area contributed by atoms with Crippen LogP contribution in [0.3, 0.4) is 0 Å². The number of hydrazine groups is 1. The van der Waals surface area contributed by atoms with E-state index in [-0.39, 0.29) is 12.2 Å². The first-order valence-electron chi connectivity index (χ1n) is 8.35. The first kappa shape index (κ1) is 20.6. The summed E-state index contributed by atoms with van der Waals surface area (Å²) in [4.78, 5) is 15.1.